The van der Waals surface area contributed by atoms with Gasteiger partial charge in [-0.15, -0.1) is 0 Å². The summed E-state index contributed by atoms with van der Waals surface area (Å²) in [6.45, 7) is 2.05. The summed E-state index contributed by atoms with van der Waals surface area (Å²) in [6, 6.07) is 0.264. The van der Waals surface area contributed by atoms with Crippen LogP contribution in [-0.4, -0.2) is 19.2 Å². The van der Waals surface area contributed by atoms with E-state index < -0.39 is 0 Å². The Balaban J connectivity index is 2.26. The van der Waals surface area contributed by atoms with Crippen molar-refractivity contribution in [1.82, 2.24) is 5.32 Å². The van der Waals surface area contributed by atoms with E-state index in [1.165, 1.54) is 32.8 Å². The number of hydrogen-bond donors (Lipinski definition) is 1. The number of rotatable bonds is 2. The summed E-state index contributed by atoms with van der Waals surface area (Å²) in [5.41, 5.74) is 0. The molecule has 1 aliphatic carbocycles. The third kappa shape index (κ3) is 2.40. The van der Waals surface area contributed by atoms with Gasteiger partial charge in [0.05, 0.1) is 7.11 Å². The molecule has 70 valence electrons. The Kier molecular flexibility index (Phi) is 3.38. The van der Waals surface area contributed by atoms with Crippen LogP contribution >= 0.6 is 0 Å². The van der Waals surface area contributed by atoms with Crippen LogP contribution in [0.15, 0.2) is 0 Å². The highest BCUT2D eigenvalue weighted by Gasteiger charge is 2.22. The third-order valence-corrected chi connectivity index (χ3v) is 2.64. The van der Waals surface area contributed by atoms with Crippen LogP contribution in [0.2, 0.25) is 0 Å². The van der Waals surface area contributed by atoms with E-state index >= 15 is 0 Å². The van der Waals surface area contributed by atoms with Gasteiger partial charge in [0.15, 0.2) is 0 Å². The zero-order valence-electron chi connectivity index (χ0n) is 7.80. The normalized spacial score (nSPS) is 20.5. The topological polar surface area (TPSA) is 38.3 Å². The maximum Gasteiger partial charge on any atom is 0.407 e. The van der Waals surface area contributed by atoms with Crippen LogP contribution in [0.25, 0.3) is 0 Å². The van der Waals surface area contributed by atoms with Crippen LogP contribution in [0.3, 0.4) is 0 Å². The molecule has 0 heterocycles. The van der Waals surface area contributed by atoms with Gasteiger partial charge in [0, 0.05) is 6.04 Å². The lowest BCUT2D eigenvalue weighted by atomic mass is 10.0. The van der Waals surface area contributed by atoms with Crippen LogP contribution < -0.4 is 5.32 Å². The second-order valence-corrected chi connectivity index (χ2v) is 3.47. The first kappa shape index (κ1) is 9.36. The second kappa shape index (κ2) is 4.33. The Morgan fingerprint density at radius 2 is 2.08 bits per heavy atom. The molecular formula is C9H17NO2. The molecule has 1 N–H and O–H groups in total. The van der Waals surface area contributed by atoms with Crippen LogP contribution in [0.5, 0.6) is 0 Å². The van der Waals surface area contributed by atoms with Crippen LogP contribution in [0.1, 0.15) is 32.6 Å². The molecule has 0 bridgehead atoms. The number of amides is 1. The number of carbonyl (C=O) groups excluding carboxylic acids is 1. The Morgan fingerprint density at radius 1 is 1.50 bits per heavy atom. The molecule has 1 fully saturated rings. The summed E-state index contributed by atoms with van der Waals surface area (Å²) in [5, 5.41) is 2.81. The molecule has 1 unspecified atom stereocenters. The van der Waals surface area contributed by atoms with Crippen molar-refractivity contribution in [2.75, 3.05) is 7.11 Å². The van der Waals surface area contributed by atoms with Gasteiger partial charge in [-0.05, 0) is 25.7 Å². The smallest absolute Gasteiger partial charge is 0.407 e. The van der Waals surface area contributed by atoms with E-state index in [1.54, 1.807) is 0 Å². The van der Waals surface area contributed by atoms with E-state index in [1.807, 2.05) is 6.92 Å². The molecule has 3 nitrogen and oxygen atoms in total. The Labute approximate surface area is 73.5 Å². The lowest BCUT2D eigenvalue weighted by Crippen LogP contribution is -2.36. The van der Waals surface area contributed by atoms with Gasteiger partial charge >= 0.3 is 6.09 Å². The summed E-state index contributed by atoms with van der Waals surface area (Å²) in [6.07, 6.45) is 4.78. The summed E-state index contributed by atoms with van der Waals surface area (Å²) in [7, 11) is 1.40. The highest BCUT2D eigenvalue weighted by Crippen LogP contribution is 2.27. The summed E-state index contributed by atoms with van der Waals surface area (Å²) in [5.74, 6) is 0.657. The molecule has 1 amide bonds. The first-order valence-corrected chi connectivity index (χ1v) is 4.58. The summed E-state index contributed by atoms with van der Waals surface area (Å²) >= 11 is 0. The largest absolute Gasteiger partial charge is 0.453 e. The van der Waals surface area contributed by atoms with Gasteiger partial charge in [-0.3, -0.25) is 0 Å². The molecule has 0 radical (unpaired) electrons. The van der Waals surface area contributed by atoms with Crippen molar-refractivity contribution in [2.24, 2.45) is 5.92 Å². The van der Waals surface area contributed by atoms with Crippen molar-refractivity contribution in [2.45, 2.75) is 38.6 Å². The van der Waals surface area contributed by atoms with E-state index in [2.05, 4.69) is 10.1 Å². The lowest BCUT2D eigenvalue weighted by Gasteiger charge is -2.19. The minimum atomic E-state index is -0.311. The van der Waals surface area contributed by atoms with Gasteiger partial charge < -0.3 is 10.1 Å². The van der Waals surface area contributed by atoms with E-state index in [0.29, 0.717) is 5.92 Å². The third-order valence-electron chi connectivity index (χ3n) is 2.64. The highest BCUT2D eigenvalue weighted by atomic mass is 16.5. The number of nitrogens with one attached hydrogen (secondary N) is 1. The Hall–Kier alpha value is -0.730. The van der Waals surface area contributed by atoms with Crippen molar-refractivity contribution in [3.05, 3.63) is 0 Å². The molecular weight excluding hydrogens is 154 g/mol. The van der Waals surface area contributed by atoms with Gasteiger partial charge in [-0.1, -0.05) is 12.8 Å². The predicted molar refractivity (Wildman–Crippen MR) is 47.0 cm³/mol. The predicted octanol–water partition coefficient (Wildman–Crippen LogP) is 1.92. The average Bonchev–Trinajstić information content (AvgIpc) is 2.56. The quantitative estimate of drug-likeness (QED) is 0.689. The van der Waals surface area contributed by atoms with Gasteiger partial charge in [0.2, 0.25) is 0 Å². The monoisotopic (exact) mass is 171 g/mol. The van der Waals surface area contributed by atoms with Crippen molar-refractivity contribution in [1.29, 1.82) is 0 Å². The summed E-state index contributed by atoms with van der Waals surface area (Å²) < 4.78 is 4.53. The average molecular weight is 171 g/mol. The minimum absolute atomic E-state index is 0.264. The van der Waals surface area contributed by atoms with Crippen molar-refractivity contribution < 1.29 is 9.53 Å². The zero-order chi connectivity index (χ0) is 8.97. The Morgan fingerprint density at radius 3 is 2.58 bits per heavy atom. The molecule has 1 atom stereocenters. The van der Waals surface area contributed by atoms with Crippen molar-refractivity contribution >= 4 is 6.09 Å². The number of hydrogen-bond acceptors (Lipinski definition) is 2. The van der Waals surface area contributed by atoms with Crippen LogP contribution in [0, 0.1) is 5.92 Å². The molecule has 0 aromatic rings. The van der Waals surface area contributed by atoms with E-state index in [9.17, 15) is 4.79 Å². The lowest BCUT2D eigenvalue weighted by molar-refractivity contribution is 0.163. The molecule has 0 aromatic heterocycles. The highest BCUT2D eigenvalue weighted by molar-refractivity contribution is 5.67. The number of carbonyl (C=O) groups is 1. The maximum atomic E-state index is 10.8. The fourth-order valence-electron chi connectivity index (χ4n) is 1.82. The van der Waals surface area contributed by atoms with Crippen LogP contribution in [0.4, 0.5) is 4.79 Å². The van der Waals surface area contributed by atoms with E-state index in [0.717, 1.165) is 0 Å². The number of alkyl carbamates (subject to hydrolysis) is 1. The first-order valence-electron chi connectivity index (χ1n) is 4.58. The zero-order valence-corrected chi connectivity index (χ0v) is 7.80. The molecule has 3 heteroatoms. The fourth-order valence-corrected chi connectivity index (χ4v) is 1.82. The fraction of sp³-hybridized carbons (Fsp3) is 0.889. The van der Waals surface area contributed by atoms with Crippen molar-refractivity contribution in [3.8, 4) is 0 Å². The Bertz CT molecular complexity index is 153. The standard InChI is InChI=1S/C9H17NO2/c1-7(10-9(11)12-2)8-5-3-4-6-8/h7-8H,3-6H2,1-2H3,(H,10,11). The molecule has 0 saturated heterocycles. The second-order valence-electron chi connectivity index (χ2n) is 3.47. The molecule has 0 aromatic carbocycles. The van der Waals surface area contributed by atoms with E-state index in [-0.39, 0.29) is 12.1 Å². The minimum Gasteiger partial charge on any atom is -0.453 e. The van der Waals surface area contributed by atoms with Gasteiger partial charge in [0.25, 0.3) is 0 Å². The molecule has 0 aliphatic heterocycles. The van der Waals surface area contributed by atoms with Crippen LogP contribution in [-0.2, 0) is 4.74 Å². The van der Waals surface area contributed by atoms with Gasteiger partial charge in [0.1, 0.15) is 0 Å². The first-order chi connectivity index (χ1) is 5.74. The molecule has 1 saturated carbocycles. The number of ether oxygens (including phenoxy) is 1. The maximum absolute atomic E-state index is 10.8. The summed E-state index contributed by atoms with van der Waals surface area (Å²) in [4.78, 5) is 10.8. The number of methoxy groups -OCH3 is 1. The van der Waals surface area contributed by atoms with Crippen molar-refractivity contribution in [3.63, 3.8) is 0 Å². The molecule has 1 aliphatic rings. The van der Waals surface area contributed by atoms with Gasteiger partial charge in [-0.25, -0.2) is 4.79 Å². The molecule has 0 spiro atoms. The molecule has 1 rings (SSSR count). The van der Waals surface area contributed by atoms with Gasteiger partial charge in [-0.2, -0.15) is 0 Å². The molecule has 12 heavy (non-hydrogen) atoms. The van der Waals surface area contributed by atoms with E-state index in [4.69, 9.17) is 0 Å². The SMILES string of the molecule is COC(=O)NC(C)C1CCCC1.